The summed E-state index contributed by atoms with van der Waals surface area (Å²) in [6.07, 6.45) is 2.97. The van der Waals surface area contributed by atoms with Crippen molar-refractivity contribution in [3.8, 4) is 0 Å². The molecule has 0 unspecified atom stereocenters. The summed E-state index contributed by atoms with van der Waals surface area (Å²) in [5, 5.41) is 4.82. The minimum atomic E-state index is -3.26. The lowest BCUT2D eigenvalue weighted by atomic mass is 10.2. The highest BCUT2D eigenvalue weighted by atomic mass is 32.2. The number of nitrogens with one attached hydrogen (secondary N) is 2. The first kappa shape index (κ1) is 17.0. The van der Waals surface area contributed by atoms with Crippen molar-refractivity contribution < 1.29 is 18.0 Å². The van der Waals surface area contributed by atoms with E-state index in [1.54, 1.807) is 24.3 Å². The van der Waals surface area contributed by atoms with Crippen LogP contribution in [-0.4, -0.2) is 39.1 Å². The number of carbonyl (C=O) groups is 2. The molecule has 1 aliphatic rings. The second-order valence-electron chi connectivity index (χ2n) is 5.09. The Morgan fingerprint density at radius 1 is 1.17 bits per heavy atom. The van der Waals surface area contributed by atoms with E-state index in [1.807, 2.05) is 0 Å². The van der Waals surface area contributed by atoms with E-state index >= 15 is 0 Å². The first-order valence-corrected chi connectivity index (χ1v) is 8.85. The highest BCUT2D eigenvalue weighted by Crippen LogP contribution is 2.24. The van der Waals surface area contributed by atoms with Crippen LogP contribution in [0.3, 0.4) is 0 Å². The van der Waals surface area contributed by atoms with E-state index in [0.717, 1.165) is 6.42 Å². The molecule has 23 heavy (non-hydrogen) atoms. The van der Waals surface area contributed by atoms with Crippen LogP contribution >= 0.6 is 0 Å². The SMILES string of the molecule is C=CCNC(=O)C(=O)Nc1ccc(N2CCCCS2(=O)=O)cc1. The van der Waals surface area contributed by atoms with Crippen LogP contribution in [0.1, 0.15) is 12.8 Å². The lowest BCUT2D eigenvalue weighted by molar-refractivity contribution is -0.136. The molecule has 0 aliphatic carbocycles. The fourth-order valence-corrected chi connectivity index (χ4v) is 3.86. The fraction of sp³-hybridized carbons (Fsp3) is 0.333. The van der Waals surface area contributed by atoms with Gasteiger partial charge in [-0.25, -0.2) is 8.42 Å². The molecule has 124 valence electrons. The van der Waals surface area contributed by atoms with Crippen molar-refractivity contribution in [2.75, 3.05) is 28.5 Å². The summed E-state index contributed by atoms with van der Waals surface area (Å²) in [6, 6.07) is 6.36. The molecule has 1 aromatic rings. The van der Waals surface area contributed by atoms with Crippen LogP contribution in [0, 0.1) is 0 Å². The van der Waals surface area contributed by atoms with Crippen molar-refractivity contribution in [3.63, 3.8) is 0 Å². The monoisotopic (exact) mass is 337 g/mol. The Morgan fingerprint density at radius 3 is 2.48 bits per heavy atom. The Morgan fingerprint density at radius 2 is 1.87 bits per heavy atom. The van der Waals surface area contributed by atoms with Crippen molar-refractivity contribution in [3.05, 3.63) is 36.9 Å². The maximum Gasteiger partial charge on any atom is 0.313 e. The van der Waals surface area contributed by atoms with Gasteiger partial charge in [0.05, 0.1) is 11.4 Å². The van der Waals surface area contributed by atoms with Gasteiger partial charge in [-0.1, -0.05) is 6.08 Å². The average molecular weight is 337 g/mol. The van der Waals surface area contributed by atoms with Crippen LogP contribution in [-0.2, 0) is 19.6 Å². The van der Waals surface area contributed by atoms with Gasteiger partial charge < -0.3 is 10.6 Å². The zero-order valence-electron chi connectivity index (χ0n) is 12.6. The van der Waals surface area contributed by atoms with Crippen molar-refractivity contribution in [1.82, 2.24) is 5.32 Å². The lowest BCUT2D eigenvalue weighted by Crippen LogP contribution is -2.37. The minimum absolute atomic E-state index is 0.148. The fourth-order valence-electron chi connectivity index (χ4n) is 2.22. The third-order valence-electron chi connectivity index (χ3n) is 3.38. The van der Waals surface area contributed by atoms with Crippen LogP contribution in [0.4, 0.5) is 11.4 Å². The van der Waals surface area contributed by atoms with Gasteiger partial charge in [0.25, 0.3) is 0 Å². The average Bonchev–Trinajstić information content (AvgIpc) is 2.53. The molecule has 1 heterocycles. The van der Waals surface area contributed by atoms with Gasteiger partial charge >= 0.3 is 11.8 Å². The van der Waals surface area contributed by atoms with E-state index in [9.17, 15) is 18.0 Å². The number of rotatable bonds is 4. The highest BCUT2D eigenvalue weighted by Gasteiger charge is 2.25. The Kier molecular flexibility index (Phi) is 5.38. The number of hydrogen-bond donors (Lipinski definition) is 2. The van der Waals surface area contributed by atoms with E-state index in [2.05, 4.69) is 17.2 Å². The number of hydrogen-bond acceptors (Lipinski definition) is 4. The van der Waals surface area contributed by atoms with Crippen LogP contribution in [0.25, 0.3) is 0 Å². The molecule has 7 nitrogen and oxygen atoms in total. The van der Waals surface area contributed by atoms with E-state index in [0.29, 0.717) is 24.3 Å². The molecule has 0 aromatic heterocycles. The van der Waals surface area contributed by atoms with E-state index in [-0.39, 0.29) is 12.3 Å². The van der Waals surface area contributed by atoms with Gasteiger partial charge in [-0.05, 0) is 37.1 Å². The summed E-state index contributed by atoms with van der Waals surface area (Å²) in [6.45, 7) is 4.10. The van der Waals surface area contributed by atoms with Gasteiger partial charge in [0, 0.05) is 18.8 Å². The van der Waals surface area contributed by atoms with Crippen molar-refractivity contribution in [2.45, 2.75) is 12.8 Å². The number of carbonyl (C=O) groups excluding carboxylic acids is 2. The van der Waals surface area contributed by atoms with Crippen LogP contribution < -0.4 is 14.9 Å². The largest absolute Gasteiger partial charge is 0.344 e. The first-order chi connectivity index (χ1) is 10.9. The summed E-state index contributed by atoms with van der Waals surface area (Å²) < 4.78 is 25.4. The van der Waals surface area contributed by atoms with Crippen LogP contribution in [0.15, 0.2) is 36.9 Å². The Labute approximate surface area is 135 Å². The molecular weight excluding hydrogens is 318 g/mol. The van der Waals surface area contributed by atoms with Crippen LogP contribution in [0.2, 0.25) is 0 Å². The van der Waals surface area contributed by atoms with Crippen molar-refractivity contribution in [1.29, 1.82) is 0 Å². The molecule has 0 radical (unpaired) electrons. The summed E-state index contributed by atoms with van der Waals surface area (Å²) in [7, 11) is -3.26. The third kappa shape index (κ3) is 4.32. The Balaban J connectivity index is 2.03. The third-order valence-corrected chi connectivity index (χ3v) is 5.25. The zero-order valence-corrected chi connectivity index (χ0v) is 13.4. The second-order valence-corrected chi connectivity index (χ2v) is 7.11. The smallest absolute Gasteiger partial charge is 0.313 e. The molecule has 0 atom stereocenters. The molecule has 2 amide bonds. The summed E-state index contributed by atoms with van der Waals surface area (Å²) in [5.41, 5.74) is 0.973. The zero-order chi connectivity index (χ0) is 16.9. The number of amides is 2. The second kappa shape index (κ2) is 7.28. The molecule has 1 saturated heterocycles. The molecule has 2 N–H and O–H groups in total. The predicted octanol–water partition coefficient (Wildman–Crippen LogP) is 0.857. The summed E-state index contributed by atoms with van der Waals surface area (Å²) in [5.74, 6) is -1.40. The van der Waals surface area contributed by atoms with E-state index < -0.39 is 21.8 Å². The van der Waals surface area contributed by atoms with Gasteiger partial charge in [0.1, 0.15) is 0 Å². The molecular formula is C15H19N3O4S. The molecule has 1 fully saturated rings. The minimum Gasteiger partial charge on any atom is -0.344 e. The first-order valence-electron chi connectivity index (χ1n) is 7.24. The standard InChI is InChI=1S/C15H19N3O4S/c1-2-9-16-14(19)15(20)17-12-5-7-13(8-6-12)18-10-3-4-11-23(18,21)22/h2,5-8H,1,3-4,9-11H2,(H,16,19)(H,17,20). The molecule has 0 spiro atoms. The normalized spacial score (nSPS) is 16.4. The highest BCUT2D eigenvalue weighted by molar-refractivity contribution is 7.92. The van der Waals surface area contributed by atoms with Gasteiger partial charge in [-0.15, -0.1) is 6.58 Å². The molecule has 8 heteroatoms. The summed E-state index contributed by atoms with van der Waals surface area (Å²) >= 11 is 0. The topological polar surface area (TPSA) is 95.6 Å². The number of nitrogens with zero attached hydrogens (tertiary/aromatic N) is 1. The van der Waals surface area contributed by atoms with Gasteiger partial charge in [0.15, 0.2) is 0 Å². The van der Waals surface area contributed by atoms with E-state index in [4.69, 9.17) is 0 Å². The molecule has 1 aliphatic heterocycles. The van der Waals surface area contributed by atoms with Gasteiger partial charge in [-0.2, -0.15) is 0 Å². The molecule has 0 bridgehead atoms. The number of benzene rings is 1. The number of anilines is 2. The van der Waals surface area contributed by atoms with Crippen molar-refractivity contribution >= 4 is 33.2 Å². The maximum atomic E-state index is 12.0. The van der Waals surface area contributed by atoms with Gasteiger partial charge in [0.2, 0.25) is 10.0 Å². The van der Waals surface area contributed by atoms with Gasteiger partial charge in [-0.3, -0.25) is 13.9 Å². The molecule has 2 rings (SSSR count). The maximum absolute atomic E-state index is 12.0. The number of sulfonamides is 1. The predicted molar refractivity (Wildman–Crippen MR) is 88.6 cm³/mol. The van der Waals surface area contributed by atoms with E-state index in [1.165, 1.54) is 10.4 Å². The summed E-state index contributed by atoms with van der Waals surface area (Å²) in [4.78, 5) is 23.1. The molecule has 0 saturated carbocycles. The quantitative estimate of drug-likeness (QED) is 0.629. The van der Waals surface area contributed by atoms with Crippen molar-refractivity contribution in [2.24, 2.45) is 0 Å². The Hall–Kier alpha value is -2.35. The Bertz CT molecular complexity index is 698. The van der Waals surface area contributed by atoms with Crippen LogP contribution in [0.5, 0.6) is 0 Å². The molecule has 1 aromatic carbocycles. The lowest BCUT2D eigenvalue weighted by Gasteiger charge is -2.28.